The summed E-state index contributed by atoms with van der Waals surface area (Å²) in [5, 5.41) is 16.7. The molecule has 3 rings (SSSR count). The highest BCUT2D eigenvalue weighted by Crippen LogP contribution is 2.27. The molecule has 0 aliphatic carbocycles. The number of halogens is 1. The standard InChI is InChI=1S/C19H16FN3O3/c1-2-23-18(24)17(21-14-10-6-9-13(20)11-14)15(19(25)26)16(22-23)12-7-4-3-5-8-12/h3-11,21H,2H2,1H3,(H,25,26). The summed E-state index contributed by atoms with van der Waals surface area (Å²) < 4.78 is 14.6. The number of aromatic carboxylic acids is 1. The van der Waals surface area contributed by atoms with Crippen LogP contribution in [-0.2, 0) is 6.54 Å². The van der Waals surface area contributed by atoms with Crippen LogP contribution in [0.4, 0.5) is 15.8 Å². The molecule has 7 heteroatoms. The lowest BCUT2D eigenvalue weighted by Gasteiger charge is -2.15. The second kappa shape index (κ2) is 7.18. The minimum absolute atomic E-state index is 0.154. The number of nitrogens with one attached hydrogen (secondary N) is 1. The average Bonchev–Trinajstić information content (AvgIpc) is 2.63. The smallest absolute Gasteiger partial charge is 0.340 e. The van der Waals surface area contributed by atoms with Gasteiger partial charge in [0.2, 0.25) is 0 Å². The Bertz CT molecular complexity index is 1020. The Morgan fingerprint density at radius 2 is 1.92 bits per heavy atom. The van der Waals surface area contributed by atoms with Gasteiger partial charge in [-0.1, -0.05) is 36.4 Å². The largest absolute Gasteiger partial charge is 0.478 e. The number of carbonyl (C=O) groups is 1. The minimum atomic E-state index is -1.30. The highest BCUT2D eigenvalue weighted by atomic mass is 19.1. The molecule has 2 aromatic carbocycles. The van der Waals surface area contributed by atoms with E-state index in [2.05, 4.69) is 10.4 Å². The van der Waals surface area contributed by atoms with E-state index < -0.39 is 17.3 Å². The minimum Gasteiger partial charge on any atom is -0.478 e. The van der Waals surface area contributed by atoms with Crippen LogP contribution in [0.5, 0.6) is 0 Å². The van der Waals surface area contributed by atoms with Crippen LogP contribution < -0.4 is 10.9 Å². The summed E-state index contributed by atoms with van der Waals surface area (Å²) in [7, 11) is 0. The van der Waals surface area contributed by atoms with Crippen LogP contribution >= 0.6 is 0 Å². The van der Waals surface area contributed by atoms with Crippen molar-refractivity contribution in [1.82, 2.24) is 9.78 Å². The zero-order chi connectivity index (χ0) is 18.7. The van der Waals surface area contributed by atoms with Gasteiger partial charge in [-0.15, -0.1) is 0 Å². The molecule has 0 amide bonds. The maximum atomic E-state index is 13.5. The van der Waals surface area contributed by atoms with Crippen molar-refractivity contribution in [3.8, 4) is 11.3 Å². The van der Waals surface area contributed by atoms with Crippen LogP contribution in [0.25, 0.3) is 11.3 Å². The number of rotatable bonds is 5. The van der Waals surface area contributed by atoms with Crippen molar-refractivity contribution in [2.45, 2.75) is 13.5 Å². The van der Waals surface area contributed by atoms with Crippen molar-refractivity contribution < 1.29 is 14.3 Å². The van der Waals surface area contributed by atoms with Gasteiger partial charge in [0.15, 0.2) is 0 Å². The highest BCUT2D eigenvalue weighted by Gasteiger charge is 2.23. The van der Waals surface area contributed by atoms with Gasteiger partial charge in [-0.05, 0) is 25.1 Å². The summed E-state index contributed by atoms with van der Waals surface area (Å²) in [5.74, 6) is -1.80. The predicted octanol–water partition coefficient (Wildman–Crippen LogP) is 3.51. The molecule has 0 radical (unpaired) electrons. The van der Waals surface area contributed by atoms with Crippen LogP contribution in [0.2, 0.25) is 0 Å². The van der Waals surface area contributed by atoms with Gasteiger partial charge >= 0.3 is 5.97 Å². The summed E-state index contributed by atoms with van der Waals surface area (Å²) in [5.41, 5.74) is 0.00752. The summed E-state index contributed by atoms with van der Waals surface area (Å²) in [6.45, 7) is 1.99. The molecular formula is C19H16FN3O3. The van der Waals surface area contributed by atoms with E-state index in [-0.39, 0.29) is 29.2 Å². The van der Waals surface area contributed by atoms with E-state index in [1.807, 2.05) is 0 Å². The molecule has 3 aromatic rings. The number of carboxylic acid groups (broad SMARTS) is 1. The van der Waals surface area contributed by atoms with Crippen molar-refractivity contribution in [2.75, 3.05) is 5.32 Å². The lowest BCUT2D eigenvalue weighted by atomic mass is 10.0. The summed E-state index contributed by atoms with van der Waals surface area (Å²) in [6, 6.07) is 14.2. The van der Waals surface area contributed by atoms with Gasteiger partial charge in [-0.25, -0.2) is 13.9 Å². The first-order chi connectivity index (χ1) is 12.5. The fourth-order valence-electron chi connectivity index (χ4n) is 2.62. The topological polar surface area (TPSA) is 84.2 Å². The number of aromatic nitrogens is 2. The molecule has 0 aliphatic rings. The van der Waals surface area contributed by atoms with E-state index in [9.17, 15) is 19.1 Å². The molecule has 0 fully saturated rings. The van der Waals surface area contributed by atoms with Crippen molar-refractivity contribution >= 4 is 17.3 Å². The summed E-state index contributed by atoms with van der Waals surface area (Å²) in [6.07, 6.45) is 0. The van der Waals surface area contributed by atoms with Crippen LogP contribution in [0.15, 0.2) is 59.4 Å². The second-order valence-electron chi connectivity index (χ2n) is 5.53. The third-order valence-electron chi connectivity index (χ3n) is 3.81. The van der Waals surface area contributed by atoms with E-state index >= 15 is 0 Å². The van der Waals surface area contributed by atoms with Gasteiger partial charge in [0, 0.05) is 17.8 Å². The fraction of sp³-hybridized carbons (Fsp3) is 0.105. The van der Waals surface area contributed by atoms with E-state index in [4.69, 9.17) is 0 Å². The van der Waals surface area contributed by atoms with Gasteiger partial charge in [0.05, 0.1) is 0 Å². The van der Waals surface area contributed by atoms with Gasteiger partial charge in [0.1, 0.15) is 22.8 Å². The lowest BCUT2D eigenvalue weighted by Crippen LogP contribution is -2.28. The maximum Gasteiger partial charge on any atom is 0.340 e. The average molecular weight is 353 g/mol. The van der Waals surface area contributed by atoms with E-state index in [1.165, 1.54) is 22.9 Å². The molecule has 1 aromatic heterocycles. The predicted molar refractivity (Wildman–Crippen MR) is 96.2 cm³/mol. The molecule has 1 heterocycles. The highest BCUT2D eigenvalue weighted by molar-refractivity contribution is 6.01. The second-order valence-corrected chi connectivity index (χ2v) is 5.53. The lowest BCUT2D eigenvalue weighted by molar-refractivity contribution is 0.0698. The van der Waals surface area contributed by atoms with Gasteiger partial charge in [-0.3, -0.25) is 4.79 Å². The zero-order valence-electron chi connectivity index (χ0n) is 13.9. The van der Waals surface area contributed by atoms with Crippen molar-refractivity contribution in [2.24, 2.45) is 0 Å². The molecular weight excluding hydrogens is 337 g/mol. The van der Waals surface area contributed by atoms with Crippen molar-refractivity contribution in [3.63, 3.8) is 0 Å². The van der Waals surface area contributed by atoms with Crippen LogP contribution in [-0.4, -0.2) is 20.9 Å². The van der Waals surface area contributed by atoms with Gasteiger partial charge in [-0.2, -0.15) is 5.10 Å². The first kappa shape index (κ1) is 17.3. The summed E-state index contributed by atoms with van der Waals surface area (Å²) >= 11 is 0. The third kappa shape index (κ3) is 3.32. The van der Waals surface area contributed by atoms with E-state index in [0.29, 0.717) is 5.56 Å². The molecule has 6 nitrogen and oxygen atoms in total. The monoisotopic (exact) mass is 353 g/mol. The Morgan fingerprint density at radius 1 is 1.19 bits per heavy atom. The molecule has 0 spiro atoms. The Kier molecular flexibility index (Phi) is 4.79. The normalized spacial score (nSPS) is 10.5. The Morgan fingerprint density at radius 3 is 2.54 bits per heavy atom. The summed E-state index contributed by atoms with van der Waals surface area (Å²) in [4.78, 5) is 24.6. The van der Waals surface area contributed by atoms with Crippen molar-refractivity contribution in [1.29, 1.82) is 0 Å². The Balaban J connectivity index is 2.27. The SMILES string of the molecule is CCn1nc(-c2ccccc2)c(C(=O)O)c(Nc2cccc(F)c2)c1=O. The van der Waals surface area contributed by atoms with Crippen LogP contribution in [0, 0.1) is 5.82 Å². The number of anilines is 2. The molecule has 0 unspecified atom stereocenters. The molecule has 2 N–H and O–H groups in total. The molecule has 0 saturated heterocycles. The molecule has 0 aliphatic heterocycles. The quantitative estimate of drug-likeness (QED) is 0.733. The molecule has 0 atom stereocenters. The number of hydrogen-bond donors (Lipinski definition) is 2. The number of carboxylic acids is 1. The Labute approximate surface area is 148 Å². The van der Waals surface area contributed by atoms with Crippen LogP contribution in [0.3, 0.4) is 0 Å². The molecule has 0 saturated carbocycles. The number of hydrogen-bond acceptors (Lipinski definition) is 4. The first-order valence-corrected chi connectivity index (χ1v) is 7.97. The number of aryl methyl sites for hydroxylation is 1. The first-order valence-electron chi connectivity index (χ1n) is 7.97. The fourth-order valence-corrected chi connectivity index (χ4v) is 2.62. The number of benzene rings is 2. The number of nitrogens with zero attached hydrogens (tertiary/aromatic N) is 2. The Hall–Kier alpha value is -3.48. The molecule has 0 bridgehead atoms. The van der Waals surface area contributed by atoms with Gasteiger partial charge < -0.3 is 10.4 Å². The third-order valence-corrected chi connectivity index (χ3v) is 3.81. The van der Waals surface area contributed by atoms with Crippen LogP contribution in [0.1, 0.15) is 17.3 Å². The zero-order valence-corrected chi connectivity index (χ0v) is 13.9. The molecule has 132 valence electrons. The van der Waals surface area contributed by atoms with E-state index in [0.717, 1.165) is 0 Å². The van der Waals surface area contributed by atoms with Gasteiger partial charge in [0.25, 0.3) is 5.56 Å². The van der Waals surface area contributed by atoms with Crippen molar-refractivity contribution in [3.05, 3.63) is 76.3 Å². The molecule has 26 heavy (non-hydrogen) atoms. The van der Waals surface area contributed by atoms with E-state index in [1.54, 1.807) is 43.3 Å². The maximum absolute atomic E-state index is 13.5.